The van der Waals surface area contributed by atoms with Crippen LogP contribution in [0.4, 0.5) is 0 Å². The van der Waals surface area contributed by atoms with E-state index in [-0.39, 0.29) is 5.41 Å². The normalized spacial score (nSPS) is 16.8. The first-order chi connectivity index (χ1) is 8.22. The number of hydrogen-bond acceptors (Lipinski definition) is 2. The first-order valence-corrected chi connectivity index (χ1v) is 6.92. The van der Waals surface area contributed by atoms with E-state index in [0.29, 0.717) is 5.15 Å². The molecule has 0 aliphatic heterocycles. The van der Waals surface area contributed by atoms with E-state index in [9.17, 15) is 0 Å². The largest absolute Gasteiger partial charge is 0.239 e. The molecule has 0 saturated heterocycles. The van der Waals surface area contributed by atoms with E-state index in [4.69, 9.17) is 11.6 Å². The van der Waals surface area contributed by atoms with Crippen LogP contribution in [0.1, 0.15) is 24.2 Å². The molecule has 86 valence electrons. The molecule has 1 aromatic carbocycles. The Balaban J connectivity index is 2.07. The van der Waals surface area contributed by atoms with Crippen LogP contribution in [-0.2, 0) is 5.41 Å². The molecule has 0 spiro atoms. The van der Waals surface area contributed by atoms with Crippen LogP contribution in [-0.4, -0.2) is 9.97 Å². The molecule has 1 saturated carbocycles. The van der Waals surface area contributed by atoms with Crippen molar-refractivity contribution in [2.24, 2.45) is 0 Å². The predicted octanol–water partition coefficient (Wildman–Crippen LogP) is 3.81. The lowest BCUT2D eigenvalue weighted by Gasteiger charge is -2.14. The molecule has 1 aliphatic carbocycles. The van der Waals surface area contributed by atoms with E-state index in [2.05, 4.69) is 56.8 Å². The van der Waals surface area contributed by atoms with Gasteiger partial charge in [0.05, 0.1) is 8.99 Å². The fourth-order valence-electron chi connectivity index (χ4n) is 2.10. The Bertz CT molecular complexity index is 553. The molecule has 1 fully saturated rings. The van der Waals surface area contributed by atoms with Crippen molar-refractivity contribution in [3.05, 3.63) is 56.6 Å². The van der Waals surface area contributed by atoms with Crippen LogP contribution in [0.5, 0.6) is 0 Å². The van der Waals surface area contributed by atoms with Crippen molar-refractivity contribution in [2.75, 3.05) is 0 Å². The van der Waals surface area contributed by atoms with Gasteiger partial charge in [-0.1, -0.05) is 41.9 Å². The van der Waals surface area contributed by atoms with Gasteiger partial charge >= 0.3 is 0 Å². The number of aromatic nitrogens is 2. The Labute approximate surface area is 119 Å². The molecule has 0 bridgehead atoms. The van der Waals surface area contributed by atoms with Crippen LogP contribution in [0.2, 0.25) is 5.15 Å². The van der Waals surface area contributed by atoms with Crippen LogP contribution in [0.15, 0.2) is 36.5 Å². The lowest BCUT2D eigenvalue weighted by atomic mass is 9.95. The summed E-state index contributed by atoms with van der Waals surface area (Å²) < 4.78 is 0.900. The Kier molecular flexibility index (Phi) is 2.83. The van der Waals surface area contributed by atoms with E-state index in [1.54, 1.807) is 6.20 Å². The summed E-state index contributed by atoms with van der Waals surface area (Å²) in [4.78, 5) is 8.88. The second-order valence-corrected chi connectivity index (χ2v) is 5.80. The topological polar surface area (TPSA) is 25.8 Å². The number of hydrogen-bond donors (Lipinski definition) is 0. The van der Waals surface area contributed by atoms with Gasteiger partial charge in [-0.05, 0) is 41.0 Å². The van der Waals surface area contributed by atoms with Crippen molar-refractivity contribution >= 4 is 34.2 Å². The molecule has 0 atom stereocenters. The summed E-state index contributed by atoms with van der Waals surface area (Å²) in [6.45, 7) is 0. The average molecular weight is 357 g/mol. The minimum atomic E-state index is 0.00917. The zero-order chi connectivity index (χ0) is 11.9. The van der Waals surface area contributed by atoms with Crippen LogP contribution >= 0.6 is 34.2 Å². The maximum atomic E-state index is 6.08. The van der Waals surface area contributed by atoms with Gasteiger partial charge in [-0.15, -0.1) is 0 Å². The van der Waals surface area contributed by atoms with Gasteiger partial charge in [-0.3, -0.25) is 0 Å². The Hall–Kier alpha value is -0.680. The van der Waals surface area contributed by atoms with Gasteiger partial charge in [0, 0.05) is 6.20 Å². The summed E-state index contributed by atoms with van der Waals surface area (Å²) >= 11 is 8.22. The molecule has 1 aromatic heterocycles. The summed E-state index contributed by atoms with van der Waals surface area (Å²) in [5, 5.41) is 0.554. The lowest BCUT2D eigenvalue weighted by Crippen LogP contribution is -2.13. The van der Waals surface area contributed by atoms with Crippen molar-refractivity contribution in [3.63, 3.8) is 0 Å². The van der Waals surface area contributed by atoms with Crippen LogP contribution in [0.25, 0.3) is 0 Å². The van der Waals surface area contributed by atoms with Crippen LogP contribution in [0.3, 0.4) is 0 Å². The highest BCUT2D eigenvalue weighted by Gasteiger charge is 2.48. The van der Waals surface area contributed by atoms with E-state index in [0.717, 1.165) is 22.2 Å². The second-order valence-electron chi connectivity index (χ2n) is 4.28. The SMILES string of the molecule is Clc1nc(C2(c3ccccc3)CC2)ncc1I. The van der Waals surface area contributed by atoms with Gasteiger partial charge in [-0.2, -0.15) is 0 Å². The number of nitrogens with zero attached hydrogens (tertiary/aromatic N) is 2. The number of halogens is 2. The quantitative estimate of drug-likeness (QED) is 0.604. The van der Waals surface area contributed by atoms with Gasteiger partial charge in [0.15, 0.2) is 0 Å². The van der Waals surface area contributed by atoms with Crippen molar-refractivity contribution in [3.8, 4) is 0 Å². The van der Waals surface area contributed by atoms with E-state index >= 15 is 0 Å². The molecular formula is C13H10ClIN2. The second kappa shape index (κ2) is 4.21. The summed E-state index contributed by atoms with van der Waals surface area (Å²) in [5.74, 6) is 0.856. The smallest absolute Gasteiger partial charge is 0.146 e. The fraction of sp³-hybridized carbons (Fsp3) is 0.231. The molecule has 1 heterocycles. The highest BCUT2D eigenvalue weighted by atomic mass is 127. The third kappa shape index (κ3) is 1.95. The Morgan fingerprint density at radius 3 is 2.47 bits per heavy atom. The molecular weight excluding hydrogens is 347 g/mol. The molecule has 3 rings (SSSR count). The van der Waals surface area contributed by atoms with Gasteiger partial charge in [0.2, 0.25) is 0 Å². The van der Waals surface area contributed by atoms with Gasteiger partial charge in [0.1, 0.15) is 11.0 Å². The molecule has 0 radical (unpaired) electrons. The van der Waals surface area contributed by atoms with E-state index < -0.39 is 0 Å². The maximum Gasteiger partial charge on any atom is 0.146 e. The maximum absolute atomic E-state index is 6.08. The molecule has 2 nitrogen and oxygen atoms in total. The number of rotatable bonds is 2. The van der Waals surface area contributed by atoms with Crippen molar-refractivity contribution in [1.82, 2.24) is 9.97 Å². The molecule has 0 amide bonds. The lowest BCUT2D eigenvalue weighted by molar-refractivity contribution is 0.752. The van der Waals surface area contributed by atoms with Crippen LogP contribution in [0, 0.1) is 3.57 Å². The standard InChI is InChI=1S/C13H10ClIN2/c14-11-10(15)8-16-12(17-11)13(6-7-13)9-4-2-1-3-5-9/h1-5,8H,6-7H2. The molecule has 17 heavy (non-hydrogen) atoms. The molecule has 1 aliphatic rings. The third-order valence-electron chi connectivity index (χ3n) is 3.21. The van der Waals surface area contributed by atoms with Crippen LogP contribution < -0.4 is 0 Å². The molecule has 0 unspecified atom stereocenters. The zero-order valence-corrected chi connectivity index (χ0v) is 11.9. The summed E-state index contributed by atoms with van der Waals surface area (Å²) in [6.07, 6.45) is 4.01. The van der Waals surface area contributed by atoms with Crippen molar-refractivity contribution in [2.45, 2.75) is 18.3 Å². The monoisotopic (exact) mass is 356 g/mol. The molecule has 0 N–H and O–H groups in total. The van der Waals surface area contributed by atoms with Gasteiger partial charge < -0.3 is 0 Å². The highest BCUT2D eigenvalue weighted by molar-refractivity contribution is 14.1. The average Bonchev–Trinajstić information content (AvgIpc) is 3.15. The van der Waals surface area contributed by atoms with Gasteiger partial charge in [-0.25, -0.2) is 9.97 Å². The highest BCUT2D eigenvalue weighted by Crippen LogP contribution is 2.52. The van der Waals surface area contributed by atoms with Crippen molar-refractivity contribution < 1.29 is 0 Å². The first-order valence-electron chi connectivity index (χ1n) is 5.46. The van der Waals surface area contributed by atoms with Crippen molar-refractivity contribution in [1.29, 1.82) is 0 Å². The molecule has 2 aromatic rings. The fourth-order valence-corrected chi connectivity index (χ4v) is 2.49. The third-order valence-corrected chi connectivity index (χ3v) is 4.60. The number of benzene rings is 1. The first kappa shape index (κ1) is 11.4. The molecule has 4 heteroatoms. The van der Waals surface area contributed by atoms with E-state index in [1.165, 1.54) is 5.56 Å². The summed E-state index contributed by atoms with van der Waals surface area (Å²) in [5.41, 5.74) is 1.30. The minimum Gasteiger partial charge on any atom is -0.239 e. The summed E-state index contributed by atoms with van der Waals surface area (Å²) in [6, 6.07) is 10.4. The Morgan fingerprint density at radius 2 is 1.88 bits per heavy atom. The minimum absolute atomic E-state index is 0.00917. The Morgan fingerprint density at radius 1 is 1.18 bits per heavy atom. The van der Waals surface area contributed by atoms with Gasteiger partial charge in [0.25, 0.3) is 0 Å². The zero-order valence-electron chi connectivity index (χ0n) is 9.03. The summed E-state index contributed by atoms with van der Waals surface area (Å²) in [7, 11) is 0. The van der Waals surface area contributed by atoms with E-state index in [1.807, 2.05) is 6.07 Å². The predicted molar refractivity (Wildman–Crippen MR) is 76.2 cm³/mol.